The summed E-state index contributed by atoms with van der Waals surface area (Å²) in [4.78, 5) is 30.0. The topological polar surface area (TPSA) is 236 Å². The number of hydrogen-bond donors (Lipinski definition) is 9. The molecule has 0 aliphatic carbocycles. The van der Waals surface area contributed by atoms with E-state index in [9.17, 15) is 19.8 Å². The highest BCUT2D eigenvalue weighted by molar-refractivity contribution is 6.09. The predicted octanol–water partition coefficient (Wildman–Crippen LogP) is -3.21. The SMILES string of the molecule is NC(CCCN=C1NC(=NCCCC[C@H](N)C(=O)O)[C@@H]([C@H](O)[C@H](O)CO)N1)C(=O)O. The Kier molecular flexibility index (Phi) is 11.2. The molecule has 1 aliphatic heterocycles. The fourth-order valence-electron chi connectivity index (χ4n) is 2.68. The van der Waals surface area contributed by atoms with E-state index in [2.05, 4.69) is 20.6 Å². The van der Waals surface area contributed by atoms with Crippen LogP contribution in [0.5, 0.6) is 0 Å². The molecule has 0 saturated carbocycles. The summed E-state index contributed by atoms with van der Waals surface area (Å²) in [5.74, 6) is -1.53. The fraction of sp³-hybridized carbons (Fsp3) is 0.765. The van der Waals surface area contributed by atoms with Crippen molar-refractivity contribution in [2.75, 3.05) is 19.7 Å². The molecule has 1 saturated heterocycles. The van der Waals surface area contributed by atoms with Crippen molar-refractivity contribution in [2.24, 2.45) is 21.5 Å². The number of carboxylic acid groups (broad SMARTS) is 2. The van der Waals surface area contributed by atoms with Crippen LogP contribution in [-0.4, -0.2) is 99.3 Å². The molecule has 11 N–H and O–H groups in total. The molecule has 1 fully saturated rings. The fourth-order valence-corrected chi connectivity index (χ4v) is 2.68. The van der Waals surface area contributed by atoms with E-state index in [4.69, 9.17) is 26.8 Å². The van der Waals surface area contributed by atoms with Gasteiger partial charge in [0.15, 0.2) is 5.96 Å². The van der Waals surface area contributed by atoms with E-state index in [0.717, 1.165) is 0 Å². The van der Waals surface area contributed by atoms with Gasteiger partial charge in [0, 0.05) is 13.1 Å². The molecular formula is C17H32N6O7. The molecule has 30 heavy (non-hydrogen) atoms. The monoisotopic (exact) mass is 432 g/mol. The lowest BCUT2D eigenvalue weighted by Crippen LogP contribution is -2.48. The summed E-state index contributed by atoms with van der Waals surface area (Å²) in [7, 11) is 0. The highest BCUT2D eigenvalue weighted by Gasteiger charge is 2.36. The van der Waals surface area contributed by atoms with Crippen molar-refractivity contribution in [3.8, 4) is 0 Å². The van der Waals surface area contributed by atoms with E-state index >= 15 is 0 Å². The molecular weight excluding hydrogens is 400 g/mol. The first kappa shape index (κ1) is 25.7. The number of aliphatic hydroxyl groups excluding tert-OH is 3. The first-order valence-corrected chi connectivity index (χ1v) is 9.73. The molecule has 1 rings (SSSR count). The minimum Gasteiger partial charge on any atom is -0.480 e. The number of carboxylic acids is 2. The Morgan fingerprint density at radius 3 is 2.10 bits per heavy atom. The van der Waals surface area contributed by atoms with Crippen LogP contribution < -0.4 is 22.1 Å². The number of hydrogen-bond acceptors (Lipinski definition) is 9. The van der Waals surface area contributed by atoms with Crippen LogP contribution in [0.25, 0.3) is 0 Å². The maximum Gasteiger partial charge on any atom is 0.320 e. The normalized spacial score (nSPS) is 22.9. The smallest absolute Gasteiger partial charge is 0.320 e. The van der Waals surface area contributed by atoms with Gasteiger partial charge in [0.25, 0.3) is 0 Å². The van der Waals surface area contributed by atoms with Gasteiger partial charge >= 0.3 is 11.9 Å². The quantitative estimate of drug-likeness (QED) is 0.124. The first-order chi connectivity index (χ1) is 14.2. The second-order valence-corrected chi connectivity index (χ2v) is 7.01. The van der Waals surface area contributed by atoms with Gasteiger partial charge in [-0.05, 0) is 32.1 Å². The van der Waals surface area contributed by atoms with E-state index in [-0.39, 0.29) is 13.0 Å². The third kappa shape index (κ3) is 8.59. The third-order valence-electron chi connectivity index (χ3n) is 4.54. The van der Waals surface area contributed by atoms with Crippen molar-refractivity contribution >= 4 is 23.7 Å². The number of nitrogens with zero attached hydrogens (tertiary/aromatic N) is 2. The number of rotatable bonds is 14. The Labute approximate surface area is 173 Å². The van der Waals surface area contributed by atoms with Crippen LogP contribution in [0.4, 0.5) is 0 Å². The number of guanidine groups is 1. The number of aliphatic imine (C=N–C) groups is 2. The summed E-state index contributed by atoms with van der Waals surface area (Å²) in [6, 6.07) is -2.71. The maximum atomic E-state index is 10.7. The van der Waals surface area contributed by atoms with E-state index in [1.807, 2.05) is 0 Å². The Balaban J connectivity index is 2.65. The van der Waals surface area contributed by atoms with Gasteiger partial charge in [-0.2, -0.15) is 0 Å². The molecule has 172 valence electrons. The van der Waals surface area contributed by atoms with Gasteiger partial charge in [-0.1, -0.05) is 0 Å². The van der Waals surface area contributed by atoms with Gasteiger partial charge in [-0.3, -0.25) is 19.6 Å². The van der Waals surface area contributed by atoms with Crippen LogP contribution in [0, 0.1) is 0 Å². The molecule has 13 heteroatoms. The zero-order chi connectivity index (χ0) is 22.7. The van der Waals surface area contributed by atoms with Gasteiger partial charge in [0.05, 0.1) is 6.61 Å². The molecule has 0 aromatic heterocycles. The van der Waals surface area contributed by atoms with Crippen LogP contribution in [0.3, 0.4) is 0 Å². The number of nitrogens with two attached hydrogens (primary N) is 2. The minimum atomic E-state index is -1.39. The third-order valence-corrected chi connectivity index (χ3v) is 4.54. The number of unbranched alkanes of at least 4 members (excludes halogenated alkanes) is 1. The molecule has 0 aromatic carbocycles. The van der Waals surface area contributed by atoms with E-state index < -0.39 is 48.9 Å². The van der Waals surface area contributed by atoms with E-state index in [0.29, 0.717) is 44.0 Å². The summed E-state index contributed by atoms with van der Waals surface area (Å²) in [6.07, 6.45) is -0.631. The van der Waals surface area contributed by atoms with Crippen molar-refractivity contribution in [2.45, 2.75) is 62.4 Å². The number of nitrogens with one attached hydrogen (secondary N) is 2. The second kappa shape index (κ2) is 13.1. The predicted molar refractivity (Wildman–Crippen MR) is 108 cm³/mol. The van der Waals surface area contributed by atoms with Crippen molar-refractivity contribution in [3.63, 3.8) is 0 Å². The average Bonchev–Trinajstić information content (AvgIpc) is 3.11. The molecule has 13 nitrogen and oxygen atoms in total. The Morgan fingerprint density at radius 2 is 1.53 bits per heavy atom. The number of aliphatic hydroxyl groups is 3. The highest BCUT2D eigenvalue weighted by Crippen LogP contribution is 2.08. The summed E-state index contributed by atoms with van der Waals surface area (Å²) in [6.45, 7) is -0.0309. The zero-order valence-electron chi connectivity index (χ0n) is 16.6. The van der Waals surface area contributed by atoms with Crippen molar-refractivity contribution in [1.82, 2.24) is 10.6 Å². The summed E-state index contributed by atoms with van der Waals surface area (Å²) in [5.41, 5.74) is 10.9. The van der Waals surface area contributed by atoms with Crippen LogP contribution in [0.1, 0.15) is 32.1 Å². The van der Waals surface area contributed by atoms with Crippen molar-refractivity contribution in [1.29, 1.82) is 0 Å². The van der Waals surface area contributed by atoms with E-state index in [1.165, 1.54) is 0 Å². The Hall–Kier alpha value is -2.32. The van der Waals surface area contributed by atoms with Crippen molar-refractivity contribution in [3.05, 3.63) is 0 Å². The molecule has 0 radical (unpaired) electrons. The lowest BCUT2D eigenvalue weighted by atomic mass is 10.1. The lowest BCUT2D eigenvalue weighted by Gasteiger charge is -2.21. The first-order valence-electron chi connectivity index (χ1n) is 9.73. The van der Waals surface area contributed by atoms with Gasteiger partial charge in [-0.15, -0.1) is 0 Å². The molecule has 1 heterocycles. The molecule has 0 aromatic rings. The lowest BCUT2D eigenvalue weighted by molar-refractivity contribution is -0.139. The summed E-state index contributed by atoms with van der Waals surface area (Å²) >= 11 is 0. The van der Waals surface area contributed by atoms with Gasteiger partial charge in [0.1, 0.15) is 36.2 Å². The number of carbonyl (C=O) groups is 2. The average molecular weight is 432 g/mol. The Morgan fingerprint density at radius 1 is 0.967 bits per heavy atom. The van der Waals surface area contributed by atoms with Gasteiger partial charge in [-0.25, -0.2) is 0 Å². The molecule has 0 amide bonds. The summed E-state index contributed by atoms with van der Waals surface area (Å²) in [5, 5.41) is 52.4. The van der Waals surface area contributed by atoms with Crippen LogP contribution in [-0.2, 0) is 9.59 Å². The van der Waals surface area contributed by atoms with Crippen LogP contribution in [0.15, 0.2) is 9.98 Å². The van der Waals surface area contributed by atoms with Crippen LogP contribution >= 0.6 is 0 Å². The van der Waals surface area contributed by atoms with Crippen LogP contribution in [0.2, 0.25) is 0 Å². The van der Waals surface area contributed by atoms with Gasteiger partial charge < -0.3 is 47.6 Å². The summed E-state index contributed by atoms with van der Waals surface area (Å²) < 4.78 is 0. The van der Waals surface area contributed by atoms with Gasteiger partial charge in [0.2, 0.25) is 0 Å². The molecule has 5 atom stereocenters. The molecule has 1 unspecified atom stereocenters. The highest BCUT2D eigenvalue weighted by atomic mass is 16.4. The maximum absolute atomic E-state index is 10.7. The standard InChI is InChI=1S/C17H32N6O7/c18-9(15(27)28)4-1-2-6-20-14-12(13(26)11(25)8-24)22-17(23-14)21-7-3-5-10(19)16(29)30/h9-13,24-26H,1-8,18-19H2,(H,27,28)(H,29,30)(H2,20,21,22,23)/t9-,10?,11+,12+,13+/m0/s1. The zero-order valence-corrected chi connectivity index (χ0v) is 16.6. The van der Waals surface area contributed by atoms with Crippen molar-refractivity contribution < 1.29 is 35.1 Å². The molecule has 1 aliphatic rings. The number of amidine groups is 1. The number of aliphatic carboxylic acids is 2. The Bertz CT molecular complexity index is 630. The largest absolute Gasteiger partial charge is 0.480 e. The molecule has 0 spiro atoms. The van der Waals surface area contributed by atoms with E-state index in [1.54, 1.807) is 0 Å². The second-order valence-electron chi connectivity index (χ2n) is 7.01. The molecule has 0 bridgehead atoms. The minimum absolute atomic E-state index is 0.251.